The molecular weight excluding hydrogens is 240 g/mol. The number of nitrogens with one attached hydrogen (secondary N) is 1. The second-order valence-electron chi connectivity index (χ2n) is 5.14. The van der Waals surface area contributed by atoms with E-state index in [0.717, 1.165) is 30.4 Å². The maximum atomic E-state index is 11.9. The Morgan fingerprint density at radius 3 is 2.63 bits per heavy atom. The summed E-state index contributed by atoms with van der Waals surface area (Å²) in [6, 6.07) is 5.87. The molecule has 1 aliphatic heterocycles. The van der Waals surface area contributed by atoms with Crippen LogP contribution in [0.5, 0.6) is 0 Å². The number of carbonyl (C=O) groups excluding carboxylic acids is 1. The molecule has 0 spiro atoms. The van der Waals surface area contributed by atoms with Crippen molar-refractivity contribution in [2.75, 3.05) is 37.5 Å². The van der Waals surface area contributed by atoms with Crippen LogP contribution in [0.2, 0.25) is 0 Å². The van der Waals surface area contributed by atoms with Crippen molar-refractivity contribution in [3.05, 3.63) is 23.8 Å². The Morgan fingerprint density at radius 2 is 2.05 bits per heavy atom. The summed E-state index contributed by atoms with van der Waals surface area (Å²) in [7, 11) is 3.27. The summed E-state index contributed by atoms with van der Waals surface area (Å²) in [5.74, 6) is 0.500. The number of benzene rings is 1. The number of esters is 1. The summed E-state index contributed by atoms with van der Waals surface area (Å²) in [5, 5.41) is 3.06. The first kappa shape index (κ1) is 13.7. The quantitative estimate of drug-likeness (QED) is 0.850. The van der Waals surface area contributed by atoms with Gasteiger partial charge in [-0.1, -0.05) is 6.92 Å². The molecule has 1 fully saturated rings. The van der Waals surface area contributed by atoms with Gasteiger partial charge >= 0.3 is 5.97 Å². The molecule has 0 unspecified atom stereocenters. The van der Waals surface area contributed by atoms with E-state index >= 15 is 0 Å². The minimum Gasteiger partial charge on any atom is -0.465 e. The van der Waals surface area contributed by atoms with Gasteiger partial charge in [-0.2, -0.15) is 0 Å². The van der Waals surface area contributed by atoms with Crippen molar-refractivity contribution in [1.29, 1.82) is 0 Å². The predicted molar refractivity (Wildman–Crippen MR) is 77.9 cm³/mol. The summed E-state index contributed by atoms with van der Waals surface area (Å²) < 4.78 is 4.89. The SMILES string of the molecule is CNc1ccc(N2CCC(C)CC2)c(C(=O)OC)c1. The molecule has 1 aromatic rings. The first-order chi connectivity index (χ1) is 9.15. The number of carbonyl (C=O) groups is 1. The van der Waals surface area contributed by atoms with Crippen molar-refractivity contribution in [2.45, 2.75) is 19.8 Å². The maximum Gasteiger partial charge on any atom is 0.340 e. The van der Waals surface area contributed by atoms with E-state index in [4.69, 9.17) is 4.74 Å². The van der Waals surface area contributed by atoms with Gasteiger partial charge in [-0.15, -0.1) is 0 Å². The van der Waals surface area contributed by atoms with Crippen LogP contribution in [-0.2, 0) is 4.74 Å². The van der Waals surface area contributed by atoms with Gasteiger partial charge in [-0.25, -0.2) is 4.79 Å². The second kappa shape index (κ2) is 5.95. The molecule has 104 valence electrons. The summed E-state index contributed by atoms with van der Waals surface area (Å²) in [4.78, 5) is 14.2. The smallest absolute Gasteiger partial charge is 0.340 e. The fourth-order valence-electron chi connectivity index (χ4n) is 2.49. The fourth-order valence-corrected chi connectivity index (χ4v) is 2.49. The van der Waals surface area contributed by atoms with Crippen LogP contribution in [0.3, 0.4) is 0 Å². The Bertz CT molecular complexity index is 451. The van der Waals surface area contributed by atoms with Crippen molar-refractivity contribution < 1.29 is 9.53 Å². The molecule has 0 aromatic heterocycles. The van der Waals surface area contributed by atoms with E-state index < -0.39 is 0 Å². The Hall–Kier alpha value is -1.71. The summed E-state index contributed by atoms with van der Waals surface area (Å²) in [6.45, 7) is 4.29. The highest BCUT2D eigenvalue weighted by Crippen LogP contribution is 2.28. The third kappa shape index (κ3) is 3.00. The monoisotopic (exact) mass is 262 g/mol. The largest absolute Gasteiger partial charge is 0.465 e. The van der Waals surface area contributed by atoms with Crippen molar-refractivity contribution in [1.82, 2.24) is 0 Å². The Labute approximate surface area is 114 Å². The standard InChI is InChI=1S/C15H22N2O2/c1-11-6-8-17(9-7-11)14-5-4-12(16-2)10-13(14)15(18)19-3/h4-5,10-11,16H,6-9H2,1-3H3. The lowest BCUT2D eigenvalue weighted by Crippen LogP contribution is -2.33. The van der Waals surface area contributed by atoms with Crippen LogP contribution in [0.15, 0.2) is 18.2 Å². The summed E-state index contributed by atoms with van der Waals surface area (Å²) in [5.41, 5.74) is 2.55. The molecule has 0 saturated carbocycles. The van der Waals surface area contributed by atoms with E-state index in [1.807, 2.05) is 25.2 Å². The molecule has 1 heterocycles. The molecule has 0 amide bonds. The van der Waals surface area contributed by atoms with Gasteiger partial charge in [-0.3, -0.25) is 0 Å². The third-order valence-corrected chi connectivity index (χ3v) is 3.81. The van der Waals surface area contributed by atoms with Crippen LogP contribution in [0.25, 0.3) is 0 Å². The number of piperidine rings is 1. The van der Waals surface area contributed by atoms with Crippen LogP contribution in [0.4, 0.5) is 11.4 Å². The van der Waals surface area contributed by atoms with Crippen molar-refractivity contribution in [2.24, 2.45) is 5.92 Å². The van der Waals surface area contributed by atoms with E-state index in [1.54, 1.807) is 0 Å². The Kier molecular flexibility index (Phi) is 4.30. The summed E-state index contributed by atoms with van der Waals surface area (Å²) in [6.07, 6.45) is 2.35. The fraction of sp³-hybridized carbons (Fsp3) is 0.533. The molecule has 1 aromatic carbocycles. The third-order valence-electron chi connectivity index (χ3n) is 3.81. The average Bonchev–Trinajstić information content (AvgIpc) is 2.46. The second-order valence-corrected chi connectivity index (χ2v) is 5.14. The van der Waals surface area contributed by atoms with Gasteiger partial charge in [-0.05, 0) is 37.0 Å². The van der Waals surface area contributed by atoms with Gasteiger partial charge in [0.2, 0.25) is 0 Å². The van der Waals surface area contributed by atoms with Crippen molar-refractivity contribution >= 4 is 17.3 Å². The first-order valence-electron chi connectivity index (χ1n) is 6.80. The molecular formula is C15H22N2O2. The van der Waals surface area contributed by atoms with E-state index in [-0.39, 0.29) is 5.97 Å². The highest BCUT2D eigenvalue weighted by atomic mass is 16.5. The van der Waals surface area contributed by atoms with Gasteiger partial charge in [0.15, 0.2) is 0 Å². The molecule has 1 aliphatic rings. The van der Waals surface area contributed by atoms with Crippen LogP contribution in [0, 0.1) is 5.92 Å². The average molecular weight is 262 g/mol. The molecule has 0 aliphatic carbocycles. The highest BCUT2D eigenvalue weighted by Gasteiger charge is 2.21. The number of hydrogen-bond donors (Lipinski definition) is 1. The lowest BCUT2D eigenvalue weighted by Gasteiger charge is -2.33. The number of anilines is 2. The van der Waals surface area contributed by atoms with Crippen molar-refractivity contribution in [3.63, 3.8) is 0 Å². The molecule has 0 bridgehead atoms. The van der Waals surface area contributed by atoms with Crippen LogP contribution in [0.1, 0.15) is 30.1 Å². The van der Waals surface area contributed by atoms with Gasteiger partial charge in [0, 0.05) is 25.8 Å². The summed E-state index contributed by atoms with van der Waals surface area (Å²) >= 11 is 0. The number of nitrogens with zero attached hydrogens (tertiary/aromatic N) is 1. The van der Waals surface area contributed by atoms with Crippen LogP contribution < -0.4 is 10.2 Å². The highest BCUT2D eigenvalue weighted by molar-refractivity contribution is 5.97. The molecule has 19 heavy (non-hydrogen) atoms. The molecule has 1 saturated heterocycles. The predicted octanol–water partition coefficient (Wildman–Crippen LogP) is 2.75. The lowest BCUT2D eigenvalue weighted by molar-refractivity contribution is 0.0601. The molecule has 0 radical (unpaired) electrons. The van der Waals surface area contributed by atoms with E-state index in [9.17, 15) is 4.79 Å². The number of ether oxygens (including phenoxy) is 1. The van der Waals surface area contributed by atoms with Crippen LogP contribution in [-0.4, -0.2) is 33.2 Å². The van der Waals surface area contributed by atoms with E-state index in [2.05, 4.69) is 17.1 Å². The zero-order valence-electron chi connectivity index (χ0n) is 11.9. The Morgan fingerprint density at radius 1 is 1.37 bits per heavy atom. The zero-order valence-corrected chi connectivity index (χ0v) is 11.9. The van der Waals surface area contributed by atoms with Crippen molar-refractivity contribution in [3.8, 4) is 0 Å². The lowest BCUT2D eigenvalue weighted by atomic mass is 9.98. The zero-order chi connectivity index (χ0) is 13.8. The molecule has 0 atom stereocenters. The number of methoxy groups -OCH3 is 1. The minimum absolute atomic E-state index is 0.272. The molecule has 1 N–H and O–H groups in total. The normalized spacial score (nSPS) is 16.3. The first-order valence-corrected chi connectivity index (χ1v) is 6.80. The molecule has 2 rings (SSSR count). The van der Waals surface area contributed by atoms with Gasteiger partial charge in [0.05, 0.1) is 18.4 Å². The Balaban J connectivity index is 2.30. The number of hydrogen-bond acceptors (Lipinski definition) is 4. The van der Waals surface area contributed by atoms with Gasteiger partial charge in [0.1, 0.15) is 0 Å². The minimum atomic E-state index is -0.272. The number of rotatable bonds is 3. The molecule has 4 nitrogen and oxygen atoms in total. The molecule has 4 heteroatoms. The maximum absolute atomic E-state index is 11.9. The van der Waals surface area contributed by atoms with Crippen LogP contribution >= 0.6 is 0 Å². The topological polar surface area (TPSA) is 41.6 Å². The van der Waals surface area contributed by atoms with Gasteiger partial charge < -0.3 is 15.0 Å². The van der Waals surface area contributed by atoms with E-state index in [1.165, 1.54) is 20.0 Å². The van der Waals surface area contributed by atoms with E-state index in [0.29, 0.717) is 5.56 Å². The van der Waals surface area contributed by atoms with Gasteiger partial charge in [0.25, 0.3) is 0 Å².